The summed E-state index contributed by atoms with van der Waals surface area (Å²) in [6.07, 6.45) is -2.96. The summed E-state index contributed by atoms with van der Waals surface area (Å²) in [4.78, 5) is 0. The highest BCUT2D eigenvalue weighted by Gasteiger charge is 2.37. The summed E-state index contributed by atoms with van der Waals surface area (Å²) in [5.41, 5.74) is -0.552. The Kier molecular flexibility index (Phi) is 3.24. The van der Waals surface area contributed by atoms with E-state index in [1.54, 1.807) is 6.92 Å². The van der Waals surface area contributed by atoms with E-state index in [9.17, 15) is 13.2 Å². The van der Waals surface area contributed by atoms with Crippen molar-refractivity contribution in [2.75, 3.05) is 5.33 Å². The molecule has 1 aromatic heterocycles. The van der Waals surface area contributed by atoms with Crippen molar-refractivity contribution in [3.05, 3.63) is 17.5 Å². The molecule has 0 fully saturated rings. The first-order valence-electron chi connectivity index (χ1n) is 4.03. The van der Waals surface area contributed by atoms with Crippen LogP contribution in [0.15, 0.2) is 6.20 Å². The first-order chi connectivity index (χ1) is 6.36. The van der Waals surface area contributed by atoms with Gasteiger partial charge in [0.2, 0.25) is 0 Å². The molecule has 0 amide bonds. The zero-order chi connectivity index (χ0) is 10.9. The number of hydrogen-bond donors (Lipinski definition) is 0. The highest BCUT2D eigenvalue weighted by atomic mass is 79.9. The van der Waals surface area contributed by atoms with E-state index >= 15 is 0 Å². The fraction of sp³-hybridized carbons (Fsp3) is 0.625. The molecule has 0 bridgehead atoms. The van der Waals surface area contributed by atoms with Crippen LogP contribution in [0.1, 0.15) is 24.1 Å². The molecule has 14 heavy (non-hydrogen) atoms. The molecular formula is C8H10BrF3N2. The maximum absolute atomic E-state index is 12.5. The summed E-state index contributed by atoms with van der Waals surface area (Å²) in [6, 6.07) is 0. The minimum atomic E-state index is -4.37. The Morgan fingerprint density at radius 1 is 1.57 bits per heavy atom. The summed E-state index contributed by atoms with van der Waals surface area (Å²) >= 11 is 3.16. The molecule has 1 atom stereocenters. The molecule has 0 aliphatic rings. The summed E-state index contributed by atoms with van der Waals surface area (Å²) < 4.78 is 38.6. The average molecular weight is 271 g/mol. The first kappa shape index (κ1) is 11.6. The molecule has 6 heteroatoms. The Morgan fingerprint density at radius 2 is 2.14 bits per heavy atom. The molecule has 0 aliphatic heterocycles. The Bertz CT molecular complexity index is 319. The predicted octanol–water partition coefficient (Wildman–Crippen LogP) is 2.94. The molecule has 0 radical (unpaired) electrons. The van der Waals surface area contributed by atoms with Crippen LogP contribution in [0, 0.1) is 0 Å². The molecule has 0 spiro atoms. The highest BCUT2D eigenvalue weighted by molar-refractivity contribution is 9.09. The van der Waals surface area contributed by atoms with Gasteiger partial charge in [-0.1, -0.05) is 22.9 Å². The van der Waals surface area contributed by atoms with Gasteiger partial charge >= 0.3 is 6.18 Å². The van der Waals surface area contributed by atoms with Crippen LogP contribution in [0.4, 0.5) is 13.2 Å². The van der Waals surface area contributed by atoms with Gasteiger partial charge in [0, 0.05) is 24.1 Å². The summed E-state index contributed by atoms with van der Waals surface area (Å²) in [7, 11) is 1.49. The van der Waals surface area contributed by atoms with Gasteiger partial charge in [-0.15, -0.1) is 0 Å². The number of alkyl halides is 4. The fourth-order valence-electron chi connectivity index (χ4n) is 1.17. The topological polar surface area (TPSA) is 17.8 Å². The van der Waals surface area contributed by atoms with Crippen LogP contribution in [0.2, 0.25) is 0 Å². The standard InChI is InChI=1S/C8H10BrF3N2/c1-5(3-9)6-4-14(2)13-7(6)8(10,11)12/h4-5H,3H2,1-2H3. The van der Waals surface area contributed by atoms with E-state index in [1.165, 1.54) is 17.9 Å². The van der Waals surface area contributed by atoms with Gasteiger partial charge in [0.05, 0.1) is 0 Å². The molecule has 1 heterocycles. The third-order valence-corrected chi connectivity index (χ3v) is 2.86. The smallest absolute Gasteiger partial charge is 0.275 e. The zero-order valence-electron chi connectivity index (χ0n) is 7.77. The molecule has 0 N–H and O–H groups in total. The number of aryl methyl sites for hydroxylation is 1. The summed E-state index contributed by atoms with van der Waals surface area (Å²) in [6.45, 7) is 1.72. The van der Waals surface area contributed by atoms with E-state index < -0.39 is 11.9 Å². The zero-order valence-corrected chi connectivity index (χ0v) is 9.35. The van der Waals surface area contributed by atoms with E-state index in [4.69, 9.17) is 0 Å². The van der Waals surface area contributed by atoms with E-state index in [2.05, 4.69) is 21.0 Å². The van der Waals surface area contributed by atoms with Crippen molar-refractivity contribution < 1.29 is 13.2 Å². The lowest BCUT2D eigenvalue weighted by molar-refractivity contribution is -0.142. The second-order valence-electron chi connectivity index (χ2n) is 3.16. The van der Waals surface area contributed by atoms with Gasteiger partial charge in [0.1, 0.15) is 0 Å². The normalized spacial score (nSPS) is 14.4. The van der Waals surface area contributed by atoms with Gasteiger partial charge in [-0.3, -0.25) is 4.68 Å². The van der Waals surface area contributed by atoms with E-state index in [0.29, 0.717) is 5.33 Å². The van der Waals surface area contributed by atoms with Crippen LogP contribution in [0.5, 0.6) is 0 Å². The molecule has 80 valence electrons. The monoisotopic (exact) mass is 270 g/mol. The average Bonchev–Trinajstić information content (AvgIpc) is 2.45. The van der Waals surface area contributed by atoms with Crippen molar-refractivity contribution in [3.8, 4) is 0 Å². The van der Waals surface area contributed by atoms with Crippen molar-refractivity contribution in [3.63, 3.8) is 0 Å². The molecule has 2 nitrogen and oxygen atoms in total. The van der Waals surface area contributed by atoms with Crippen LogP contribution in [0.3, 0.4) is 0 Å². The van der Waals surface area contributed by atoms with Crippen LogP contribution in [-0.2, 0) is 13.2 Å². The highest BCUT2D eigenvalue weighted by Crippen LogP contribution is 2.34. The molecule has 1 rings (SSSR count). The Labute approximate surface area is 88.2 Å². The third-order valence-electron chi connectivity index (χ3n) is 1.89. The number of hydrogen-bond acceptors (Lipinski definition) is 1. The van der Waals surface area contributed by atoms with Crippen molar-refractivity contribution >= 4 is 15.9 Å². The van der Waals surface area contributed by atoms with Crippen molar-refractivity contribution in [1.82, 2.24) is 9.78 Å². The Morgan fingerprint density at radius 3 is 2.57 bits per heavy atom. The lowest BCUT2D eigenvalue weighted by Crippen LogP contribution is -2.11. The van der Waals surface area contributed by atoms with Gasteiger partial charge in [0.25, 0.3) is 0 Å². The van der Waals surface area contributed by atoms with E-state index in [-0.39, 0.29) is 11.5 Å². The quantitative estimate of drug-likeness (QED) is 0.756. The number of rotatable bonds is 2. The van der Waals surface area contributed by atoms with E-state index in [1.807, 2.05) is 0 Å². The minimum Gasteiger partial charge on any atom is -0.275 e. The van der Waals surface area contributed by atoms with Gasteiger partial charge in [-0.05, 0) is 5.92 Å². The van der Waals surface area contributed by atoms with Crippen molar-refractivity contribution in [1.29, 1.82) is 0 Å². The lowest BCUT2D eigenvalue weighted by atomic mass is 10.0. The van der Waals surface area contributed by atoms with Crippen LogP contribution in [-0.4, -0.2) is 15.1 Å². The van der Waals surface area contributed by atoms with Gasteiger partial charge in [0.15, 0.2) is 5.69 Å². The van der Waals surface area contributed by atoms with Crippen LogP contribution < -0.4 is 0 Å². The molecule has 0 aliphatic carbocycles. The Hall–Kier alpha value is -0.520. The van der Waals surface area contributed by atoms with Gasteiger partial charge in [-0.25, -0.2) is 0 Å². The predicted molar refractivity (Wildman–Crippen MR) is 50.4 cm³/mol. The Balaban J connectivity index is 3.16. The molecule has 0 saturated heterocycles. The first-order valence-corrected chi connectivity index (χ1v) is 5.15. The number of halogens is 4. The second kappa shape index (κ2) is 3.92. The molecule has 1 aromatic rings. The van der Waals surface area contributed by atoms with Crippen LogP contribution >= 0.6 is 15.9 Å². The van der Waals surface area contributed by atoms with Gasteiger partial charge in [-0.2, -0.15) is 18.3 Å². The minimum absolute atomic E-state index is 0.194. The molecule has 1 unspecified atom stereocenters. The maximum atomic E-state index is 12.5. The maximum Gasteiger partial charge on any atom is 0.435 e. The van der Waals surface area contributed by atoms with Crippen molar-refractivity contribution in [2.45, 2.75) is 19.0 Å². The molecule has 0 aromatic carbocycles. The SMILES string of the molecule is CC(CBr)c1cn(C)nc1C(F)(F)F. The van der Waals surface area contributed by atoms with Crippen LogP contribution in [0.25, 0.3) is 0 Å². The third kappa shape index (κ3) is 2.29. The summed E-state index contributed by atoms with van der Waals surface area (Å²) in [5, 5.41) is 3.91. The fourth-order valence-corrected chi connectivity index (χ4v) is 1.52. The largest absolute Gasteiger partial charge is 0.435 e. The molecular weight excluding hydrogens is 261 g/mol. The number of aromatic nitrogens is 2. The van der Waals surface area contributed by atoms with E-state index in [0.717, 1.165) is 0 Å². The molecule has 0 saturated carbocycles. The summed E-state index contributed by atoms with van der Waals surface area (Å²) in [5.74, 6) is -0.194. The number of nitrogens with zero attached hydrogens (tertiary/aromatic N) is 2. The van der Waals surface area contributed by atoms with Gasteiger partial charge < -0.3 is 0 Å². The lowest BCUT2D eigenvalue weighted by Gasteiger charge is -2.09. The van der Waals surface area contributed by atoms with Crippen molar-refractivity contribution in [2.24, 2.45) is 7.05 Å². The second-order valence-corrected chi connectivity index (χ2v) is 3.81.